The lowest BCUT2D eigenvalue weighted by molar-refractivity contribution is -0.0421. The minimum atomic E-state index is -5.74. The highest BCUT2D eigenvalue weighted by molar-refractivity contribution is 7.66. The fraction of sp³-hybridized carbons (Fsp3) is 0.161. The van der Waals surface area contributed by atoms with Gasteiger partial charge in [0.25, 0.3) is 0 Å². The zero-order chi connectivity index (χ0) is 37.0. The number of ether oxygens (including phenoxy) is 1. The van der Waals surface area contributed by atoms with E-state index in [9.17, 15) is 28.6 Å². The molecule has 0 aliphatic carbocycles. The van der Waals surface area contributed by atoms with Crippen molar-refractivity contribution in [1.82, 2.24) is 14.5 Å². The first kappa shape index (κ1) is 36.2. The van der Waals surface area contributed by atoms with Crippen molar-refractivity contribution in [2.45, 2.75) is 24.9 Å². The van der Waals surface area contributed by atoms with Gasteiger partial charge in [-0.1, -0.05) is 54.6 Å². The number of anilines is 1. The first-order chi connectivity index (χ1) is 24.6. The predicted octanol–water partition coefficient (Wildman–Crippen LogP) is 5.89. The molecule has 2 unspecified atom stereocenters. The number of phosphoric ester groups is 1. The fourth-order valence-electron chi connectivity index (χ4n) is 5.90. The molecule has 272 valence electrons. The summed E-state index contributed by atoms with van der Waals surface area (Å²) in [5.41, 5.74) is 9.91. The van der Waals surface area contributed by atoms with Gasteiger partial charge < -0.3 is 44.1 Å². The number of aliphatic hydroxyl groups is 1. The summed E-state index contributed by atoms with van der Waals surface area (Å²) in [5, 5.41) is 11.9. The number of halogens is 1. The number of hydrogen-bond donors (Lipinski definition) is 6. The number of phosphoric acid groups is 3. The van der Waals surface area contributed by atoms with Crippen molar-refractivity contribution in [2.75, 3.05) is 12.3 Å². The van der Waals surface area contributed by atoms with Gasteiger partial charge in [0.15, 0.2) is 0 Å². The Morgan fingerprint density at radius 2 is 1.60 bits per heavy atom. The van der Waals surface area contributed by atoms with Gasteiger partial charge in [-0.3, -0.25) is 4.52 Å². The number of furan rings is 1. The monoisotopic (exact) mass is 776 g/mol. The van der Waals surface area contributed by atoms with Crippen molar-refractivity contribution >= 4 is 51.3 Å². The molecule has 3 aromatic carbocycles. The van der Waals surface area contributed by atoms with Gasteiger partial charge in [0.05, 0.1) is 18.1 Å². The second kappa shape index (κ2) is 13.7. The normalized spacial score (nSPS) is 20.3. The van der Waals surface area contributed by atoms with E-state index in [0.717, 1.165) is 22.1 Å². The number of aliphatic hydroxyl groups excluding tert-OH is 1. The van der Waals surface area contributed by atoms with Crippen LogP contribution in [0.1, 0.15) is 12.6 Å². The minimum absolute atomic E-state index is 0.0335. The second-order valence-electron chi connectivity index (χ2n) is 11.6. The molecule has 3 aromatic heterocycles. The smallest absolute Gasteiger partial charge is 0.456 e. The summed E-state index contributed by atoms with van der Waals surface area (Å²) < 4.78 is 75.9. The molecule has 17 nitrogen and oxygen atoms in total. The Morgan fingerprint density at radius 3 is 2.31 bits per heavy atom. The molecule has 1 aliphatic heterocycles. The summed E-state index contributed by atoms with van der Waals surface area (Å²) in [6.07, 6.45) is -1.07. The Hall–Kier alpha value is -4.12. The van der Waals surface area contributed by atoms with Crippen molar-refractivity contribution in [2.24, 2.45) is 0 Å². The molecular weight excluding hydrogens is 748 g/mol. The van der Waals surface area contributed by atoms with Crippen LogP contribution in [-0.4, -0.2) is 58.0 Å². The SMILES string of the molecule is Nc1ncnc2c1c(-c1ccc(-c3ccc(-c4cc5ccccc5o4)cc3)cc1F)cn2[C@H]1C[C@H](O)[C@@H](COP(=O)(O)OP(=O)(O)OP(=O)(O)O)O1. The number of benzene rings is 3. The van der Waals surface area contributed by atoms with Gasteiger partial charge in [-0.2, -0.15) is 8.62 Å². The van der Waals surface area contributed by atoms with E-state index in [4.69, 9.17) is 24.7 Å². The Labute approximate surface area is 292 Å². The lowest BCUT2D eigenvalue weighted by Crippen LogP contribution is -2.26. The molecule has 0 radical (unpaired) electrons. The number of aromatic nitrogens is 3. The lowest BCUT2D eigenvalue weighted by Gasteiger charge is -2.19. The third-order valence-corrected chi connectivity index (χ3v) is 12.0. The van der Waals surface area contributed by atoms with Crippen molar-refractivity contribution in [3.05, 3.63) is 91.1 Å². The van der Waals surface area contributed by atoms with E-state index in [1.165, 1.54) is 23.2 Å². The summed E-state index contributed by atoms with van der Waals surface area (Å²) in [4.78, 5) is 44.9. The first-order valence-electron chi connectivity index (χ1n) is 15.2. The lowest BCUT2D eigenvalue weighted by atomic mass is 9.98. The van der Waals surface area contributed by atoms with Crippen LogP contribution in [0.5, 0.6) is 0 Å². The van der Waals surface area contributed by atoms with Crippen LogP contribution >= 0.6 is 23.5 Å². The largest absolute Gasteiger partial charge is 0.490 e. The third-order valence-electron chi connectivity index (χ3n) is 8.16. The summed E-state index contributed by atoms with van der Waals surface area (Å²) in [6.45, 7) is -0.875. The van der Waals surface area contributed by atoms with Crippen LogP contribution in [-0.2, 0) is 31.6 Å². The second-order valence-corrected chi connectivity index (χ2v) is 16.1. The van der Waals surface area contributed by atoms with Gasteiger partial charge >= 0.3 is 23.5 Å². The number of nitrogen functional groups attached to an aromatic ring is 1. The van der Waals surface area contributed by atoms with Crippen LogP contribution in [0.4, 0.5) is 10.2 Å². The molecule has 0 spiro atoms. The maximum atomic E-state index is 15.9. The molecular formula is C31H28FN4O13P3. The molecule has 7 rings (SSSR count). The average molecular weight is 777 g/mol. The van der Waals surface area contributed by atoms with E-state index in [-0.39, 0.29) is 23.4 Å². The van der Waals surface area contributed by atoms with Crippen LogP contribution in [0.25, 0.3) is 55.6 Å². The molecule has 5 atom stereocenters. The maximum Gasteiger partial charge on any atom is 0.490 e. The molecule has 1 fully saturated rings. The first-order valence-corrected chi connectivity index (χ1v) is 19.7. The van der Waals surface area contributed by atoms with Crippen molar-refractivity contribution < 1.29 is 65.1 Å². The molecule has 7 N–H and O–H groups in total. The van der Waals surface area contributed by atoms with E-state index in [2.05, 4.69) is 23.1 Å². The standard InChI is InChI=1S/C31H28FN4O13P3/c32-23-11-19(17-5-7-18(8-6-17)26-12-20-3-1-2-4-25(20)46-26)9-10-21(23)22-14-36(31-29(22)30(33)34-16-35-31)28-13-24(37)27(47-28)15-45-51(41,42)49-52(43,44)48-50(38,39)40/h1-12,14,16,24,27-28,37H,13,15H2,(H,41,42)(H,43,44)(H2,33,34,35)(H2,38,39,40)/t24-,27+,28+/m0/s1. The van der Waals surface area contributed by atoms with Gasteiger partial charge in [0, 0.05) is 34.7 Å². The van der Waals surface area contributed by atoms with Crippen molar-refractivity contribution in [3.8, 4) is 33.6 Å². The van der Waals surface area contributed by atoms with Gasteiger partial charge in [0.2, 0.25) is 0 Å². The molecule has 0 saturated carbocycles. The summed E-state index contributed by atoms with van der Waals surface area (Å²) in [7, 11) is -16.8. The highest BCUT2D eigenvalue weighted by Crippen LogP contribution is 2.66. The molecule has 6 aromatic rings. The number of hydrogen-bond acceptors (Lipinski definition) is 12. The summed E-state index contributed by atoms with van der Waals surface area (Å²) >= 11 is 0. The molecule has 21 heteroatoms. The van der Waals surface area contributed by atoms with Crippen molar-refractivity contribution in [3.63, 3.8) is 0 Å². The average Bonchev–Trinajstić information content (AvgIpc) is 3.77. The molecule has 0 bridgehead atoms. The zero-order valence-electron chi connectivity index (χ0n) is 26.4. The van der Waals surface area contributed by atoms with Crippen LogP contribution < -0.4 is 5.73 Å². The predicted molar refractivity (Wildman–Crippen MR) is 182 cm³/mol. The third kappa shape index (κ3) is 7.65. The van der Waals surface area contributed by atoms with E-state index in [0.29, 0.717) is 22.3 Å². The highest BCUT2D eigenvalue weighted by atomic mass is 31.3. The molecule has 1 aliphatic rings. The number of fused-ring (bicyclic) bond motifs is 2. The topological polar surface area (TPSA) is 259 Å². The van der Waals surface area contributed by atoms with E-state index in [1.54, 1.807) is 12.1 Å². The Kier molecular flexibility index (Phi) is 9.55. The number of nitrogens with zero attached hydrogens (tertiary/aromatic N) is 3. The minimum Gasteiger partial charge on any atom is -0.456 e. The highest BCUT2D eigenvalue weighted by Gasteiger charge is 2.43. The number of rotatable bonds is 11. The van der Waals surface area contributed by atoms with Gasteiger partial charge in [0.1, 0.15) is 47.3 Å². The van der Waals surface area contributed by atoms with Crippen molar-refractivity contribution in [1.29, 1.82) is 0 Å². The maximum absolute atomic E-state index is 15.9. The van der Waals surface area contributed by atoms with Gasteiger partial charge in [-0.25, -0.2) is 28.1 Å². The van der Waals surface area contributed by atoms with Gasteiger partial charge in [-0.15, -0.1) is 0 Å². The Morgan fingerprint density at radius 1 is 0.885 bits per heavy atom. The molecule has 52 heavy (non-hydrogen) atoms. The van der Waals surface area contributed by atoms with Crippen LogP contribution in [0.15, 0.2) is 89.7 Å². The fourth-order valence-corrected chi connectivity index (χ4v) is 8.93. The van der Waals surface area contributed by atoms with E-state index >= 15 is 4.39 Å². The van der Waals surface area contributed by atoms with Crippen LogP contribution in [0.3, 0.4) is 0 Å². The molecule has 1 saturated heterocycles. The van der Waals surface area contributed by atoms with Crippen LogP contribution in [0.2, 0.25) is 0 Å². The molecule has 0 amide bonds. The van der Waals surface area contributed by atoms with E-state index in [1.807, 2.05) is 54.6 Å². The molecule has 4 heterocycles. The Balaban J connectivity index is 1.10. The zero-order valence-corrected chi connectivity index (χ0v) is 29.1. The van der Waals surface area contributed by atoms with Gasteiger partial charge in [-0.05, 0) is 29.3 Å². The Bertz CT molecular complexity index is 2420. The van der Waals surface area contributed by atoms with Crippen LogP contribution in [0, 0.1) is 5.82 Å². The summed E-state index contributed by atoms with van der Waals surface area (Å²) in [6, 6.07) is 21.8. The van der Waals surface area contributed by atoms with E-state index < -0.39 is 54.3 Å². The quantitative estimate of drug-likeness (QED) is 0.0838. The number of nitrogens with two attached hydrogens (primary N) is 1. The number of para-hydroxylation sites is 1. The summed E-state index contributed by atoms with van der Waals surface area (Å²) in [5.74, 6) is 0.156.